The summed E-state index contributed by atoms with van der Waals surface area (Å²) in [5.74, 6) is 0.633. The highest BCUT2D eigenvalue weighted by molar-refractivity contribution is 9.10. The maximum atomic E-state index is 6.48. The van der Waals surface area contributed by atoms with Crippen molar-refractivity contribution in [3.05, 3.63) is 33.3 Å². The molecular weight excluding hydrogens is 336 g/mol. The highest BCUT2D eigenvalue weighted by Crippen LogP contribution is 2.35. The first-order chi connectivity index (χ1) is 9.49. The first-order valence-corrected chi connectivity index (χ1v) is 8.60. The second-order valence-corrected chi connectivity index (χ2v) is 7.48. The zero-order chi connectivity index (χ0) is 14.7. The highest BCUT2D eigenvalue weighted by atomic mass is 79.9. The minimum Gasteiger partial charge on any atom is -0.326 e. The van der Waals surface area contributed by atoms with Gasteiger partial charge in [-0.1, -0.05) is 47.8 Å². The Balaban J connectivity index is 2.36. The number of likely N-dealkylation sites (tertiary alicyclic amines) is 1. The molecule has 1 heterocycles. The molecule has 0 bridgehead atoms. The zero-order valence-corrected chi connectivity index (χ0v) is 14.6. The van der Waals surface area contributed by atoms with Crippen LogP contribution in [0.4, 0.5) is 0 Å². The lowest BCUT2D eigenvalue weighted by atomic mass is 9.95. The number of halogens is 2. The van der Waals surface area contributed by atoms with Crippen LogP contribution >= 0.6 is 27.5 Å². The van der Waals surface area contributed by atoms with Crippen molar-refractivity contribution in [1.29, 1.82) is 0 Å². The van der Waals surface area contributed by atoms with E-state index in [-0.39, 0.29) is 12.1 Å². The molecule has 1 aliphatic rings. The molecule has 112 valence electrons. The molecule has 0 saturated carbocycles. The topological polar surface area (TPSA) is 29.3 Å². The molecule has 20 heavy (non-hydrogen) atoms. The Morgan fingerprint density at radius 1 is 1.40 bits per heavy atom. The van der Waals surface area contributed by atoms with Crippen LogP contribution in [0.2, 0.25) is 5.02 Å². The third-order valence-electron chi connectivity index (χ3n) is 3.91. The molecule has 2 N–H and O–H groups in total. The van der Waals surface area contributed by atoms with E-state index in [1.807, 2.05) is 12.1 Å². The number of rotatable bonds is 3. The number of hydrogen-bond donors (Lipinski definition) is 1. The molecule has 1 aliphatic heterocycles. The molecule has 2 unspecified atom stereocenters. The van der Waals surface area contributed by atoms with Gasteiger partial charge in [0, 0.05) is 22.1 Å². The zero-order valence-electron chi connectivity index (χ0n) is 12.3. The van der Waals surface area contributed by atoms with Gasteiger partial charge in [-0.2, -0.15) is 0 Å². The van der Waals surface area contributed by atoms with Crippen LogP contribution in [0, 0.1) is 5.92 Å². The molecule has 1 aromatic carbocycles. The molecule has 1 fully saturated rings. The van der Waals surface area contributed by atoms with E-state index in [2.05, 4.69) is 40.7 Å². The summed E-state index contributed by atoms with van der Waals surface area (Å²) in [6.45, 7) is 6.70. The fraction of sp³-hybridized carbons (Fsp3) is 0.625. The molecule has 0 amide bonds. The van der Waals surface area contributed by atoms with Gasteiger partial charge in [-0.15, -0.1) is 0 Å². The monoisotopic (exact) mass is 358 g/mol. The van der Waals surface area contributed by atoms with Crippen LogP contribution in [-0.2, 0) is 0 Å². The standard InChI is InChI=1S/C16H24BrClN2/c1-11(2)10-20-8-4-3-5-15(19)16(20)13-9-12(17)6-7-14(13)18/h6-7,9,11,15-16H,3-5,8,10,19H2,1-2H3. The Labute approximate surface area is 135 Å². The largest absolute Gasteiger partial charge is 0.326 e. The van der Waals surface area contributed by atoms with E-state index >= 15 is 0 Å². The van der Waals surface area contributed by atoms with Gasteiger partial charge in [-0.05, 0) is 49.1 Å². The fourth-order valence-electron chi connectivity index (χ4n) is 3.11. The van der Waals surface area contributed by atoms with Gasteiger partial charge in [0.25, 0.3) is 0 Å². The van der Waals surface area contributed by atoms with Crippen molar-refractivity contribution < 1.29 is 0 Å². The third-order valence-corrected chi connectivity index (χ3v) is 4.75. The Morgan fingerprint density at radius 2 is 2.15 bits per heavy atom. The molecule has 0 spiro atoms. The summed E-state index contributed by atoms with van der Waals surface area (Å²) < 4.78 is 1.07. The summed E-state index contributed by atoms with van der Waals surface area (Å²) in [6, 6.07) is 6.46. The molecule has 0 aromatic heterocycles. The molecule has 2 rings (SSSR count). The third kappa shape index (κ3) is 3.97. The molecule has 1 aromatic rings. The van der Waals surface area contributed by atoms with Crippen LogP contribution in [-0.4, -0.2) is 24.0 Å². The van der Waals surface area contributed by atoms with E-state index in [0.29, 0.717) is 5.92 Å². The number of hydrogen-bond acceptors (Lipinski definition) is 2. The highest BCUT2D eigenvalue weighted by Gasteiger charge is 2.30. The van der Waals surface area contributed by atoms with Gasteiger partial charge in [0.05, 0.1) is 6.04 Å². The van der Waals surface area contributed by atoms with Crippen molar-refractivity contribution in [2.75, 3.05) is 13.1 Å². The summed E-state index contributed by atoms with van der Waals surface area (Å²) in [5.41, 5.74) is 7.64. The smallest absolute Gasteiger partial charge is 0.0514 e. The van der Waals surface area contributed by atoms with Gasteiger partial charge >= 0.3 is 0 Å². The average Bonchev–Trinajstić information content (AvgIpc) is 2.54. The summed E-state index contributed by atoms with van der Waals surface area (Å²) in [6.07, 6.45) is 3.50. The quantitative estimate of drug-likeness (QED) is 0.853. The van der Waals surface area contributed by atoms with Crippen LogP contribution in [0.15, 0.2) is 22.7 Å². The van der Waals surface area contributed by atoms with E-state index in [0.717, 1.165) is 34.6 Å². The van der Waals surface area contributed by atoms with Gasteiger partial charge in [-0.3, -0.25) is 4.90 Å². The van der Waals surface area contributed by atoms with Crippen molar-refractivity contribution >= 4 is 27.5 Å². The van der Waals surface area contributed by atoms with Crippen molar-refractivity contribution in [3.8, 4) is 0 Å². The molecule has 0 aliphatic carbocycles. The van der Waals surface area contributed by atoms with Gasteiger partial charge < -0.3 is 5.73 Å². The molecular formula is C16H24BrClN2. The lowest BCUT2D eigenvalue weighted by Gasteiger charge is -2.35. The Hall–Kier alpha value is -0.0900. The molecule has 2 nitrogen and oxygen atoms in total. The molecule has 1 saturated heterocycles. The van der Waals surface area contributed by atoms with E-state index < -0.39 is 0 Å². The van der Waals surface area contributed by atoms with Crippen LogP contribution < -0.4 is 5.73 Å². The predicted molar refractivity (Wildman–Crippen MR) is 90.1 cm³/mol. The minimum absolute atomic E-state index is 0.156. The van der Waals surface area contributed by atoms with Gasteiger partial charge in [-0.25, -0.2) is 0 Å². The summed E-state index contributed by atoms with van der Waals surface area (Å²) in [4.78, 5) is 2.52. The average molecular weight is 360 g/mol. The maximum absolute atomic E-state index is 6.48. The maximum Gasteiger partial charge on any atom is 0.0514 e. The van der Waals surface area contributed by atoms with E-state index in [9.17, 15) is 0 Å². The normalized spacial score (nSPS) is 24.9. The van der Waals surface area contributed by atoms with Gasteiger partial charge in [0.15, 0.2) is 0 Å². The van der Waals surface area contributed by atoms with Crippen molar-refractivity contribution in [2.24, 2.45) is 11.7 Å². The summed E-state index contributed by atoms with van der Waals surface area (Å²) in [5, 5.41) is 0.823. The van der Waals surface area contributed by atoms with Crippen LogP contribution in [0.25, 0.3) is 0 Å². The molecule has 2 atom stereocenters. The summed E-state index contributed by atoms with van der Waals surface area (Å²) >= 11 is 10.0. The van der Waals surface area contributed by atoms with Crippen LogP contribution in [0.5, 0.6) is 0 Å². The molecule has 0 radical (unpaired) electrons. The van der Waals surface area contributed by atoms with Crippen molar-refractivity contribution in [2.45, 2.75) is 45.2 Å². The van der Waals surface area contributed by atoms with E-state index in [1.165, 1.54) is 12.8 Å². The van der Waals surface area contributed by atoms with E-state index in [4.69, 9.17) is 17.3 Å². The Bertz CT molecular complexity index is 450. The SMILES string of the molecule is CC(C)CN1CCCCC(N)C1c1cc(Br)ccc1Cl. The summed E-state index contributed by atoms with van der Waals surface area (Å²) in [7, 11) is 0. The lowest BCUT2D eigenvalue weighted by molar-refractivity contribution is 0.165. The van der Waals surface area contributed by atoms with Crippen LogP contribution in [0.1, 0.15) is 44.7 Å². The Morgan fingerprint density at radius 3 is 2.85 bits per heavy atom. The number of nitrogens with zero attached hydrogens (tertiary/aromatic N) is 1. The predicted octanol–water partition coefficient (Wildman–Crippen LogP) is 4.61. The van der Waals surface area contributed by atoms with E-state index in [1.54, 1.807) is 0 Å². The first kappa shape index (κ1) is 16.3. The fourth-order valence-corrected chi connectivity index (χ4v) is 3.71. The lowest BCUT2D eigenvalue weighted by Crippen LogP contribution is -2.41. The van der Waals surface area contributed by atoms with Gasteiger partial charge in [0.1, 0.15) is 0 Å². The van der Waals surface area contributed by atoms with Crippen LogP contribution in [0.3, 0.4) is 0 Å². The second kappa shape index (κ2) is 7.26. The number of benzene rings is 1. The van der Waals surface area contributed by atoms with Crippen molar-refractivity contribution in [3.63, 3.8) is 0 Å². The van der Waals surface area contributed by atoms with Gasteiger partial charge in [0.2, 0.25) is 0 Å². The number of nitrogens with two attached hydrogens (primary N) is 1. The minimum atomic E-state index is 0.156. The molecule has 4 heteroatoms. The van der Waals surface area contributed by atoms with Crippen molar-refractivity contribution in [1.82, 2.24) is 4.90 Å². The Kier molecular flexibility index (Phi) is 5.91. The first-order valence-electron chi connectivity index (χ1n) is 7.43. The second-order valence-electron chi connectivity index (χ2n) is 6.16.